The zero-order chi connectivity index (χ0) is 21.4. The molecule has 2 rings (SSSR count). The van der Waals surface area contributed by atoms with E-state index in [1.54, 1.807) is 0 Å². The molecule has 0 radical (unpaired) electrons. The van der Waals surface area contributed by atoms with Crippen LogP contribution in [0, 0.1) is 10.8 Å². The minimum Gasteiger partial charge on any atom is -0.438 e. The Morgan fingerprint density at radius 1 is 1.10 bits per heavy atom. The molecule has 0 spiro atoms. The molecule has 29 heavy (non-hydrogen) atoms. The standard InChI is InChI=1S/C18H17F3N4O4/c1-11(22)27-17(23)15-8-7-14(10-24-15)28-16(25-26)9-4-12-2-5-13(6-3-12)29-18(19,20)21/h2-3,5-8,10,22-23,26H,4,9H2,1H3/b22-11?,23-17?,25-16+. The number of aryl methyl sites for hydroxylation is 1. The lowest BCUT2D eigenvalue weighted by atomic mass is 10.1. The Morgan fingerprint density at radius 2 is 1.76 bits per heavy atom. The van der Waals surface area contributed by atoms with E-state index in [0.717, 1.165) is 0 Å². The normalized spacial score (nSPS) is 11.7. The van der Waals surface area contributed by atoms with Gasteiger partial charge in [0.25, 0.3) is 0 Å². The van der Waals surface area contributed by atoms with Crippen LogP contribution in [0.1, 0.15) is 24.6 Å². The highest BCUT2D eigenvalue weighted by molar-refractivity contribution is 5.97. The number of aromatic nitrogens is 1. The predicted octanol–water partition coefficient (Wildman–Crippen LogP) is 4.12. The second kappa shape index (κ2) is 9.53. The molecular formula is C18H17F3N4O4. The monoisotopic (exact) mass is 410 g/mol. The van der Waals surface area contributed by atoms with Crippen LogP contribution in [-0.2, 0) is 11.2 Å². The third-order valence-electron chi connectivity index (χ3n) is 3.36. The molecule has 0 aliphatic rings. The zero-order valence-corrected chi connectivity index (χ0v) is 15.2. The smallest absolute Gasteiger partial charge is 0.438 e. The summed E-state index contributed by atoms with van der Waals surface area (Å²) in [6, 6.07) is 8.22. The lowest BCUT2D eigenvalue weighted by Crippen LogP contribution is -2.17. The van der Waals surface area contributed by atoms with Gasteiger partial charge in [-0.15, -0.1) is 13.2 Å². The van der Waals surface area contributed by atoms with E-state index in [1.165, 1.54) is 49.5 Å². The van der Waals surface area contributed by atoms with Crippen molar-refractivity contribution in [2.45, 2.75) is 26.1 Å². The maximum Gasteiger partial charge on any atom is 0.573 e. The zero-order valence-electron chi connectivity index (χ0n) is 15.2. The number of nitrogens with one attached hydrogen (secondary N) is 2. The molecule has 0 saturated heterocycles. The van der Waals surface area contributed by atoms with E-state index in [2.05, 4.69) is 14.9 Å². The van der Waals surface area contributed by atoms with E-state index in [-0.39, 0.29) is 41.3 Å². The van der Waals surface area contributed by atoms with Gasteiger partial charge in [0.15, 0.2) is 5.90 Å². The second-order valence-corrected chi connectivity index (χ2v) is 5.65. The molecule has 0 fully saturated rings. The van der Waals surface area contributed by atoms with Crippen LogP contribution in [0.5, 0.6) is 11.5 Å². The fourth-order valence-corrected chi connectivity index (χ4v) is 2.15. The molecule has 0 aliphatic heterocycles. The van der Waals surface area contributed by atoms with Crippen molar-refractivity contribution in [1.82, 2.24) is 4.98 Å². The van der Waals surface area contributed by atoms with Crippen LogP contribution in [0.25, 0.3) is 0 Å². The Hall–Kier alpha value is -3.63. The van der Waals surface area contributed by atoms with Crippen LogP contribution in [0.3, 0.4) is 0 Å². The highest BCUT2D eigenvalue weighted by Gasteiger charge is 2.30. The van der Waals surface area contributed by atoms with Gasteiger partial charge in [-0.2, -0.15) is 0 Å². The van der Waals surface area contributed by atoms with Crippen molar-refractivity contribution in [3.05, 3.63) is 53.9 Å². The Kier molecular flexibility index (Phi) is 7.12. The first-order valence-electron chi connectivity index (χ1n) is 8.17. The van der Waals surface area contributed by atoms with E-state index >= 15 is 0 Å². The van der Waals surface area contributed by atoms with Crippen LogP contribution in [0.2, 0.25) is 0 Å². The number of alkyl halides is 3. The molecule has 2 aromatic rings. The molecule has 0 bridgehead atoms. The Balaban J connectivity index is 1.91. The summed E-state index contributed by atoms with van der Waals surface area (Å²) in [5, 5.41) is 27.0. The number of pyridine rings is 1. The fraction of sp³-hybridized carbons (Fsp3) is 0.222. The largest absolute Gasteiger partial charge is 0.573 e. The van der Waals surface area contributed by atoms with Gasteiger partial charge in [-0.1, -0.05) is 17.3 Å². The van der Waals surface area contributed by atoms with Gasteiger partial charge in [0, 0.05) is 13.3 Å². The molecule has 0 saturated carbocycles. The van der Waals surface area contributed by atoms with Crippen LogP contribution < -0.4 is 9.47 Å². The molecular weight excluding hydrogens is 393 g/mol. The number of oxime groups is 1. The van der Waals surface area contributed by atoms with Gasteiger partial charge in [-0.05, 0) is 36.2 Å². The number of hydrogen-bond acceptors (Lipinski definition) is 8. The second-order valence-electron chi connectivity index (χ2n) is 5.65. The van der Waals surface area contributed by atoms with Crippen molar-refractivity contribution in [3.8, 4) is 11.5 Å². The van der Waals surface area contributed by atoms with Gasteiger partial charge >= 0.3 is 6.36 Å². The van der Waals surface area contributed by atoms with Crippen molar-refractivity contribution in [3.63, 3.8) is 0 Å². The molecule has 8 nitrogen and oxygen atoms in total. The number of rotatable bonds is 6. The molecule has 1 aromatic carbocycles. The van der Waals surface area contributed by atoms with E-state index < -0.39 is 6.36 Å². The molecule has 154 valence electrons. The predicted molar refractivity (Wildman–Crippen MR) is 96.8 cm³/mol. The fourth-order valence-electron chi connectivity index (χ4n) is 2.15. The van der Waals surface area contributed by atoms with Crippen LogP contribution in [-0.4, -0.2) is 34.2 Å². The van der Waals surface area contributed by atoms with Crippen LogP contribution in [0.15, 0.2) is 47.8 Å². The van der Waals surface area contributed by atoms with Crippen molar-refractivity contribution in [2.75, 3.05) is 0 Å². The minimum absolute atomic E-state index is 0.0307. The highest BCUT2D eigenvalue weighted by Crippen LogP contribution is 2.23. The Labute approximate surface area is 163 Å². The summed E-state index contributed by atoms with van der Waals surface area (Å²) in [5.74, 6) is -0.554. The van der Waals surface area contributed by atoms with Crippen LogP contribution >= 0.6 is 0 Å². The third-order valence-corrected chi connectivity index (χ3v) is 3.36. The molecule has 0 amide bonds. The number of nitrogens with zero attached hydrogens (tertiary/aromatic N) is 2. The molecule has 11 heteroatoms. The van der Waals surface area contributed by atoms with Crippen molar-refractivity contribution >= 4 is 17.7 Å². The topological polar surface area (TPSA) is 121 Å². The summed E-state index contributed by atoms with van der Waals surface area (Å²) >= 11 is 0. The molecule has 0 atom stereocenters. The Morgan fingerprint density at radius 3 is 2.28 bits per heavy atom. The first-order chi connectivity index (χ1) is 13.7. The summed E-state index contributed by atoms with van der Waals surface area (Å²) in [6.07, 6.45) is -2.95. The lowest BCUT2D eigenvalue weighted by molar-refractivity contribution is -0.274. The van der Waals surface area contributed by atoms with Gasteiger partial charge in [-0.25, -0.2) is 4.98 Å². The first-order valence-corrected chi connectivity index (χ1v) is 8.17. The number of halogens is 3. The minimum atomic E-state index is -4.75. The van der Waals surface area contributed by atoms with Gasteiger partial charge in [0.05, 0.1) is 6.20 Å². The van der Waals surface area contributed by atoms with Crippen LogP contribution in [0.4, 0.5) is 13.2 Å². The average molecular weight is 410 g/mol. The summed E-state index contributed by atoms with van der Waals surface area (Å²) in [6.45, 7) is 1.38. The van der Waals surface area contributed by atoms with E-state index in [0.29, 0.717) is 12.0 Å². The molecule has 3 N–H and O–H groups in total. The summed E-state index contributed by atoms with van der Waals surface area (Å²) in [5.41, 5.74) is 0.873. The molecule has 0 aliphatic carbocycles. The van der Waals surface area contributed by atoms with Gasteiger partial charge < -0.3 is 19.4 Å². The third kappa shape index (κ3) is 7.48. The number of benzene rings is 1. The van der Waals surface area contributed by atoms with E-state index in [4.69, 9.17) is 25.5 Å². The van der Waals surface area contributed by atoms with Gasteiger partial charge in [0.2, 0.25) is 11.8 Å². The number of hydrogen-bond donors (Lipinski definition) is 3. The summed E-state index contributed by atoms with van der Waals surface area (Å²) in [7, 11) is 0. The quantitative estimate of drug-likeness (QED) is 0.286. The summed E-state index contributed by atoms with van der Waals surface area (Å²) in [4.78, 5) is 3.96. The summed E-state index contributed by atoms with van der Waals surface area (Å²) < 4.78 is 50.5. The van der Waals surface area contributed by atoms with Gasteiger partial charge in [0.1, 0.15) is 17.2 Å². The lowest BCUT2D eigenvalue weighted by Gasteiger charge is -2.10. The van der Waals surface area contributed by atoms with Crippen molar-refractivity contribution in [2.24, 2.45) is 5.16 Å². The first kappa shape index (κ1) is 21.7. The Bertz CT molecular complexity index is 881. The SMILES string of the molecule is CC(=N)OC(=N)c1ccc(O/C(CCc2ccc(OC(F)(F)F)cc2)=N/O)cn1. The highest BCUT2D eigenvalue weighted by atomic mass is 19.4. The van der Waals surface area contributed by atoms with E-state index in [1.807, 2.05) is 0 Å². The van der Waals surface area contributed by atoms with Crippen molar-refractivity contribution in [1.29, 1.82) is 10.8 Å². The molecule has 0 unspecified atom stereocenters. The van der Waals surface area contributed by atoms with Crippen molar-refractivity contribution < 1.29 is 32.6 Å². The molecule has 1 heterocycles. The van der Waals surface area contributed by atoms with E-state index in [9.17, 15) is 13.2 Å². The maximum absolute atomic E-state index is 12.2. The molecule has 1 aromatic heterocycles. The average Bonchev–Trinajstić information content (AvgIpc) is 2.65. The maximum atomic E-state index is 12.2. The van der Waals surface area contributed by atoms with Gasteiger partial charge in [-0.3, -0.25) is 10.8 Å². The number of ether oxygens (including phenoxy) is 3.